The largest absolute Gasteiger partial charge is 0.381 e. The van der Waals surface area contributed by atoms with E-state index in [2.05, 4.69) is 41.0 Å². The van der Waals surface area contributed by atoms with E-state index in [1.54, 1.807) is 20.8 Å². The number of carbonyl (C=O) groups excluding carboxylic acids is 2. The highest BCUT2D eigenvalue weighted by Crippen LogP contribution is 2.33. The van der Waals surface area contributed by atoms with Gasteiger partial charge in [-0.3, -0.25) is 14.7 Å². The van der Waals surface area contributed by atoms with Gasteiger partial charge in [-0.1, -0.05) is 85.5 Å². The maximum atomic E-state index is 15.2. The van der Waals surface area contributed by atoms with Crippen LogP contribution >= 0.6 is 57.5 Å². The summed E-state index contributed by atoms with van der Waals surface area (Å²) in [6, 6.07) is 7.64. The number of nitrogens with zero attached hydrogens (tertiary/aromatic N) is 4. The van der Waals surface area contributed by atoms with E-state index in [-0.39, 0.29) is 40.0 Å². The normalized spacial score (nSPS) is 15.1. The summed E-state index contributed by atoms with van der Waals surface area (Å²) < 4.78 is 43.1. The number of aromatic nitrogens is 4. The van der Waals surface area contributed by atoms with Gasteiger partial charge < -0.3 is 14.4 Å². The Bertz CT molecular complexity index is 1900. The van der Waals surface area contributed by atoms with Crippen LogP contribution in [0.2, 0.25) is 8.67 Å². The fourth-order valence-corrected chi connectivity index (χ4v) is 8.48. The van der Waals surface area contributed by atoms with Gasteiger partial charge in [0.05, 0.1) is 20.1 Å². The highest BCUT2D eigenvalue weighted by molar-refractivity contribution is 7.16. The van der Waals surface area contributed by atoms with E-state index in [4.69, 9.17) is 44.3 Å². The van der Waals surface area contributed by atoms with Crippen LogP contribution in [0, 0.1) is 22.5 Å². The minimum atomic E-state index is -0.633. The molecule has 60 heavy (non-hydrogen) atoms. The van der Waals surface area contributed by atoms with E-state index in [9.17, 15) is 14.0 Å². The van der Waals surface area contributed by atoms with E-state index in [1.807, 2.05) is 45.0 Å². The maximum Gasteiger partial charge on any atom is 0.252 e. The lowest BCUT2D eigenvalue weighted by molar-refractivity contribution is -0.118. The van der Waals surface area contributed by atoms with Crippen molar-refractivity contribution in [2.24, 2.45) is 10.8 Å². The zero-order valence-electron chi connectivity index (χ0n) is 36.7. The Labute approximate surface area is 378 Å². The first kappa shape index (κ1) is 52.1. The zero-order chi connectivity index (χ0) is 44.6. The molecule has 16 heteroatoms. The summed E-state index contributed by atoms with van der Waals surface area (Å²) in [5.74, 6) is -0.497. The molecule has 0 spiro atoms. The molecule has 2 fully saturated rings. The third-order valence-electron chi connectivity index (χ3n) is 10.2. The number of hydrogen-bond donors (Lipinski definition) is 1. The topological polar surface area (TPSA) is 102 Å². The molecule has 0 aromatic carbocycles. The molecule has 0 radical (unpaired) electrons. The van der Waals surface area contributed by atoms with Gasteiger partial charge in [-0.25, -0.2) is 13.5 Å². The summed E-state index contributed by atoms with van der Waals surface area (Å²) in [4.78, 5) is 27.7. The Hall–Kier alpha value is -2.23. The summed E-state index contributed by atoms with van der Waals surface area (Å²) in [6.07, 6.45) is 5.62. The molecule has 0 unspecified atom stereocenters. The van der Waals surface area contributed by atoms with Crippen molar-refractivity contribution in [1.29, 1.82) is 0 Å². The van der Waals surface area contributed by atoms with Crippen LogP contribution in [0.5, 0.6) is 0 Å². The van der Waals surface area contributed by atoms with Gasteiger partial charge in [0.1, 0.15) is 11.4 Å². The van der Waals surface area contributed by atoms with Crippen LogP contribution in [-0.4, -0.2) is 82.1 Å². The van der Waals surface area contributed by atoms with Gasteiger partial charge >= 0.3 is 0 Å². The number of carbonyl (C=O) groups is 2. The molecule has 2 aliphatic heterocycles. The van der Waals surface area contributed by atoms with Crippen molar-refractivity contribution in [3.63, 3.8) is 0 Å². The van der Waals surface area contributed by atoms with Crippen molar-refractivity contribution < 1.29 is 27.8 Å². The molecular weight excluding hydrogens is 871 g/mol. The molecule has 336 valence electrons. The molecule has 0 atom stereocenters. The minimum absolute atomic E-state index is 0.00713. The van der Waals surface area contributed by atoms with Crippen LogP contribution in [0.3, 0.4) is 0 Å². The third-order valence-corrected chi connectivity index (χ3v) is 13.4. The van der Waals surface area contributed by atoms with Crippen LogP contribution in [0.25, 0.3) is 0 Å². The Balaban J connectivity index is 0.000000248. The fourth-order valence-electron chi connectivity index (χ4n) is 6.31. The highest BCUT2D eigenvalue weighted by Gasteiger charge is 2.32. The summed E-state index contributed by atoms with van der Waals surface area (Å²) >= 11 is 20.0. The first-order chi connectivity index (χ1) is 28.3. The Morgan fingerprint density at radius 1 is 0.750 bits per heavy atom. The van der Waals surface area contributed by atoms with Gasteiger partial charge in [-0.2, -0.15) is 10.2 Å². The van der Waals surface area contributed by atoms with E-state index in [0.717, 1.165) is 46.2 Å². The smallest absolute Gasteiger partial charge is 0.252 e. The number of halogens is 5. The SMILES string of the molecule is CC(C)(C)C(=O)Cl.CC(C)(C)C(=O)n1nc(C2CCOCC2)c(F)c1CCc1ccc(Cl)s1.CCN(CC)CC.Fc1c(C2CCOCC2)n[nH]c1CCc1ccc(Cl)s1. The molecule has 1 N–H and O–H groups in total. The number of aromatic amines is 1. The van der Waals surface area contributed by atoms with Crippen molar-refractivity contribution in [2.45, 2.75) is 126 Å². The lowest BCUT2D eigenvalue weighted by Crippen LogP contribution is -2.29. The van der Waals surface area contributed by atoms with Crippen LogP contribution in [-0.2, 0) is 40.0 Å². The molecule has 6 heterocycles. The molecule has 4 aromatic rings. The predicted molar refractivity (Wildman–Crippen MR) is 244 cm³/mol. The molecule has 0 amide bonds. The average Bonchev–Trinajstić information content (AvgIpc) is 4.00. The van der Waals surface area contributed by atoms with E-state index in [1.165, 1.54) is 47.0 Å². The van der Waals surface area contributed by atoms with E-state index in [0.29, 0.717) is 72.8 Å². The van der Waals surface area contributed by atoms with Gasteiger partial charge in [0, 0.05) is 58.8 Å². The number of nitrogens with one attached hydrogen (secondary N) is 1. The second-order valence-electron chi connectivity index (χ2n) is 16.8. The molecule has 0 bridgehead atoms. The van der Waals surface area contributed by atoms with Crippen molar-refractivity contribution in [3.8, 4) is 0 Å². The quantitative estimate of drug-likeness (QED) is 0.149. The maximum absolute atomic E-state index is 15.2. The van der Waals surface area contributed by atoms with Gasteiger partial charge in [0.2, 0.25) is 5.24 Å². The average molecular weight is 936 g/mol. The lowest BCUT2D eigenvalue weighted by Gasteiger charge is -2.20. The standard InChI is InChI=1S/C19H24ClFN2O2S.C14H16ClFN2OS.C6H15N.C5H9ClO/c1-19(2,3)18(24)23-14(6-4-13-5-7-15(20)26-13)16(21)17(22-23)12-8-10-25-11-9-12;15-12-4-2-10(20-12)1-3-11-13(16)14(18-17-11)9-5-7-19-8-6-9;1-4-7(5-2)6-3;1-5(2,3)4(6)7/h5,7,12H,4,6,8-11H2,1-3H3;2,4,9H,1,3,5-8H2,(H,17,18);4-6H2,1-3H3;1-3H3. The lowest BCUT2D eigenvalue weighted by atomic mass is 9.95. The number of hydrogen-bond acceptors (Lipinski definition) is 9. The predicted octanol–water partition coefficient (Wildman–Crippen LogP) is 12.2. The first-order valence-electron chi connectivity index (χ1n) is 20.9. The zero-order valence-corrected chi connectivity index (χ0v) is 40.6. The van der Waals surface area contributed by atoms with E-state index < -0.39 is 5.41 Å². The van der Waals surface area contributed by atoms with Crippen molar-refractivity contribution in [3.05, 3.63) is 77.1 Å². The van der Waals surface area contributed by atoms with Gasteiger partial charge in [-0.15, -0.1) is 22.7 Å². The fraction of sp³-hybridized carbons (Fsp3) is 0.636. The Kier molecular flexibility index (Phi) is 21.9. The molecule has 2 saturated heterocycles. The van der Waals surface area contributed by atoms with Gasteiger partial charge in [0.25, 0.3) is 5.91 Å². The van der Waals surface area contributed by atoms with Gasteiger partial charge in [-0.05, 0) is 107 Å². The van der Waals surface area contributed by atoms with Crippen molar-refractivity contribution >= 4 is 68.6 Å². The van der Waals surface area contributed by atoms with Crippen LogP contribution in [0.15, 0.2) is 24.3 Å². The first-order valence-corrected chi connectivity index (χ1v) is 23.7. The molecule has 0 aliphatic carbocycles. The Morgan fingerprint density at radius 2 is 1.20 bits per heavy atom. The van der Waals surface area contributed by atoms with Crippen molar-refractivity contribution in [1.82, 2.24) is 24.9 Å². The third kappa shape index (κ3) is 16.5. The second-order valence-corrected chi connectivity index (χ2v) is 20.8. The van der Waals surface area contributed by atoms with Gasteiger partial charge in [0.15, 0.2) is 11.6 Å². The summed E-state index contributed by atoms with van der Waals surface area (Å²) in [5.41, 5.74) is 0.943. The van der Waals surface area contributed by atoms with Crippen LogP contribution in [0.1, 0.15) is 137 Å². The number of H-pyrrole nitrogens is 1. The monoisotopic (exact) mass is 933 g/mol. The minimum Gasteiger partial charge on any atom is -0.381 e. The number of aryl methyl sites for hydroxylation is 3. The molecular formula is C44H64Cl3F2N5O4S2. The van der Waals surface area contributed by atoms with Crippen molar-refractivity contribution in [2.75, 3.05) is 46.1 Å². The number of thiophene rings is 2. The second kappa shape index (κ2) is 25.2. The van der Waals surface area contributed by atoms with E-state index >= 15 is 4.39 Å². The molecule has 4 aromatic heterocycles. The highest BCUT2D eigenvalue weighted by atomic mass is 35.5. The number of ether oxygens (including phenoxy) is 2. The Morgan fingerprint density at radius 3 is 1.58 bits per heavy atom. The van der Waals surface area contributed by atoms with Crippen LogP contribution < -0.4 is 0 Å². The van der Waals surface area contributed by atoms with Crippen LogP contribution in [0.4, 0.5) is 8.78 Å². The molecule has 2 aliphatic rings. The molecule has 9 nitrogen and oxygen atoms in total. The molecule has 6 rings (SSSR count). The number of rotatable bonds is 11. The summed E-state index contributed by atoms with van der Waals surface area (Å²) in [7, 11) is 0. The summed E-state index contributed by atoms with van der Waals surface area (Å²) in [6.45, 7) is 23.5. The summed E-state index contributed by atoms with van der Waals surface area (Å²) in [5, 5.41) is 11.2. The molecule has 0 saturated carbocycles.